The Balaban J connectivity index is 1.45. The molecule has 3 N–H and O–H groups in total. The topological polar surface area (TPSA) is 81.7 Å². The van der Waals surface area contributed by atoms with E-state index < -0.39 is 5.97 Å². The molecule has 6 nitrogen and oxygen atoms in total. The minimum Gasteiger partial charge on any atom is -0.480 e. The van der Waals surface area contributed by atoms with Crippen LogP contribution in [-0.2, 0) is 4.79 Å². The van der Waals surface area contributed by atoms with E-state index in [0.717, 1.165) is 39.0 Å². The summed E-state index contributed by atoms with van der Waals surface area (Å²) >= 11 is 2.16. The van der Waals surface area contributed by atoms with Gasteiger partial charge in [-0.1, -0.05) is 48.5 Å². The quantitative estimate of drug-likeness (QED) is 0.407. The second-order valence-corrected chi connectivity index (χ2v) is 8.88. The van der Waals surface area contributed by atoms with Gasteiger partial charge in [-0.15, -0.1) is 0 Å². The molecule has 0 bridgehead atoms. The van der Waals surface area contributed by atoms with Gasteiger partial charge in [0.2, 0.25) is 0 Å². The SMILES string of the molecule is O=C(O)CN1CCNCC1c1ccc(-c2ccc(NC(=O)c3ccccc3I)cc2)cc1. The number of halogens is 1. The standard InChI is InChI=1S/C25H24IN3O3/c26-22-4-2-1-3-21(22)25(32)28-20-11-9-18(10-12-20)17-5-7-19(8-6-17)23-15-27-13-14-29(23)16-24(30)31/h1-12,23,27H,13-16H2,(H,28,32)(H,30,31). The van der Waals surface area contributed by atoms with Gasteiger partial charge in [-0.25, -0.2) is 0 Å². The highest BCUT2D eigenvalue weighted by molar-refractivity contribution is 14.1. The zero-order chi connectivity index (χ0) is 22.5. The van der Waals surface area contributed by atoms with Crippen LogP contribution in [0.1, 0.15) is 22.0 Å². The van der Waals surface area contributed by atoms with E-state index in [1.165, 1.54) is 0 Å². The van der Waals surface area contributed by atoms with E-state index in [4.69, 9.17) is 0 Å². The van der Waals surface area contributed by atoms with Crippen LogP contribution in [-0.4, -0.2) is 48.1 Å². The number of aliphatic carboxylic acids is 1. The first-order valence-corrected chi connectivity index (χ1v) is 11.5. The number of anilines is 1. The van der Waals surface area contributed by atoms with Crippen molar-refractivity contribution in [2.75, 3.05) is 31.5 Å². The molecule has 7 heteroatoms. The van der Waals surface area contributed by atoms with Crippen LogP contribution in [0.4, 0.5) is 5.69 Å². The number of piperazine rings is 1. The van der Waals surface area contributed by atoms with Crippen molar-refractivity contribution in [1.29, 1.82) is 0 Å². The van der Waals surface area contributed by atoms with Gasteiger partial charge in [0.25, 0.3) is 5.91 Å². The Hall–Kier alpha value is -2.75. The summed E-state index contributed by atoms with van der Waals surface area (Å²) in [5.41, 5.74) is 4.61. The number of carboxylic acids is 1. The Bertz CT molecular complexity index is 1100. The van der Waals surface area contributed by atoms with Gasteiger partial charge in [0.15, 0.2) is 0 Å². The fraction of sp³-hybridized carbons (Fsp3) is 0.200. The van der Waals surface area contributed by atoms with Gasteiger partial charge < -0.3 is 15.7 Å². The van der Waals surface area contributed by atoms with Crippen molar-refractivity contribution in [2.45, 2.75) is 6.04 Å². The number of nitrogens with zero attached hydrogens (tertiary/aromatic N) is 1. The number of hydrogen-bond acceptors (Lipinski definition) is 4. The molecular formula is C25H24IN3O3. The van der Waals surface area contributed by atoms with E-state index in [9.17, 15) is 14.7 Å². The lowest BCUT2D eigenvalue weighted by atomic mass is 9.98. The first-order valence-electron chi connectivity index (χ1n) is 10.4. The molecule has 0 radical (unpaired) electrons. The summed E-state index contributed by atoms with van der Waals surface area (Å²) in [6.45, 7) is 2.30. The molecule has 164 valence electrons. The van der Waals surface area contributed by atoms with Crippen LogP contribution >= 0.6 is 22.6 Å². The van der Waals surface area contributed by atoms with Crippen molar-refractivity contribution in [3.63, 3.8) is 0 Å². The van der Waals surface area contributed by atoms with Gasteiger partial charge in [0.05, 0.1) is 12.1 Å². The lowest BCUT2D eigenvalue weighted by Crippen LogP contribution is -2.47. The highest BCUT2D eigenvalue weighted by Crippen LogP contribution is 2.27. The van der Waals surface area contributed by atoms with E-state index in [1.54, 1.807) is 0 Å². The zero-order valence-corrected chi connectivity index (χ0v) is 19.6. The molecule has 32 heavy (non-hydrogen) atoms. The lowest BCUT2D eigenvalue weighted by molar-refractivity contribution is -0.139. The van der Waals surface area contributed by atoms with Crippen molar-refractivity contribution in [3.8, 4) is 11.1 Å². The molecule has 0 spiro atoms. The second-order valence-electron chi connectivity index (χ2n) is 7.72. The fourth-order valence-corrected chi connectivity index (χ4v) is 4.56. The number of carbonyl (C=O) groups excluding carboxylic acids is 1. The number of benzene rings is 3. The van der Waals surface area contributed by atoms with Crippen LogP contribution in [0.25, 0.3) is 11.1 Å². The molecule has 3 aromatic rings. The first-order chi connectivity index (χ1) is 15.5. The number of hydrogen-bond donors (Lipinski definition) is 3. The third-order valence-corrected chi connectivity index (χ3v) is 6.52. The average molecular weight is 541 g/mol. The summed E-state index contributed by atoms with van der Waals surface area (Å²) < 4.78 is 0.911. The Morgan fingerprint density at radius 3 is 2.31 bits per heavy atom. The van der Waals surface area contributed by atoms with E-state index in [1.807, 2.05) is 53.4 Å². The minimum absolute atomic E-state index is 0.0450. The van der Waals surface area contributed by atoms with Gasteiger partial charge in [-0.2, -0.15) is 0 Å². The van der Waals surface area contributed by atoms with E-state index in [-0.39, 0.29) is 18.5 Å². The maximum Gasteiger partial charge on any atom is 0.317 e. The van der Waals surface area contributed by atoms with E-state index >= 15 is 0 Å². The summed E-state index contributed by atoms with van der Waals surface area (Å²) in [7, 11) is 0. The fourth-order valence-electron chi connectivity index (χ4n) is 3.93. The molecule has 3 aromatic carbocycles. The summed E-state index contributed by atoms with van der Waals surface area (Å²) in [6.07, 6.45) is 0. The Labute approximate surface area is 200 Å². The Morgan fingerprint density at radius 1 is 1.00 bits per heavy atom. The van der Waals surface area contributed by atoms with E-state index in [2.05, 4.69) is 57.5 Å². The Kier molecular flexibility index (Phi) is 7.19. The van der Waals surface area contributed by atoms with Crippen LogP contribution in [0, 0.1) is 3.57 Å². The van der Waals surface area contributed by atoms with Crippen molar-refractivity contribution in [1.82, 2.24) is 10.2 Å². The number of rotatable bonds is 6. The third kappa shape index (κ3) is 5.35. The highest BCUT2D eigenvalue weighted by atomic mass is 127. The number of carboxylic acid groups (broad SMARTS) is 1. The molecule has 0 aliphatic carbocycles. The molecule has 4 rings (SSSR count). The van der Waals surface area contributed by atoms with Gasteiger partial charge in [0.1, 0.15) is 0 Å². The summed E-state index contributed by atoms with van der Waals surface area (Å²) in [5.74, 6) is -0.929. The predicted molar refractivity (Wildman–Crippen MR) is 134 cm³/mol. The maximum absolute atomic E-state index is 12.5. The van der Waals surface area contributed by atoms with Crippen LogP contribution in [0.3, 0.4) is 0 Å². The molecule has 1 saturated heterocycles. The van der Waals surface area contributed by atoms with Crippen LogP contribution < -0.4 is 10.6 Å². The largest absolute Gasteiger partial charge is 0.480 e. The predicted octanol–water partition coefficient (Wildman–Crippen LogP) is 4.24. The molecule has 1 amide bonds. The second kappa shape index (κ2) is 10.2. The van der Waals surface area contributed by atoms with Crippen molar-refractivity contribution < 1.29 is 14.7 Å². The molecular weight excluding hydrogens is 517 g/mol. The van der Waals surface area contributed by atoms with Gasteiger partial charge in [-0.05, 0) is 63.5 Å². The molecule has 1 unspecified atom stereocenters. The molecule has 1 fully saturated rings. The molecule has 1 heterocycles. The number of amides is 1. The lowest BCUT2D eigenvalue weighted by Gasteiger charge is -2.35. The van der Waals surface area contributed by atoms with Crippen LogP contribution in [0.15, 0.2) is 72.8 Å². The minimum atomic E-state index is -0.803. The van der Waals surface area contributed by atoms with Gasteiger partial charge >= 0.3 is 5.97 Å². The molecule has 1 atom stereocenters. The highest BCUT2D eigenvalue weighted by Gasteiger charge is 2.25. The molecule has 0 saturated carbocycles. The average Bonchev–Trinajstić information content (AvgIpc) is 2.80. The monoisotopic (exact) mass is 541 g/mol. The normalized spacial score (nSPS) is 16.5. The first kappa shape index (κ1) is 22.4. The summed E-state index contributed by atoms with van der Waals surface area (Å²) in [4.78, 5) is 25.7. The zero-order valence-electron chi connectivity index (χ0n) is 17.4. The van der Waals surface area contributed by atoms with Crippen molar-refractivity contribution in [2.24, 2.45) is 0 Å². The molecule has 1 aliphatic rings. The van der Waals surface area contributed by atoms with Crippen LogP contribution in [0.2, 0.25) is 0 Å². The Morgan fingerprint density at radius 2 is 1.66 bits per heavy atom. The van der Waals surface area contributed by atoms with Crippen molar-refractivity contribution in [3.05, 3.63) is 87.5 Å². The summed E-state index contributed by atoms with van der Waals surface area (Å²) in [5, 5.41) is 15.5. The summed E-state index contributed by atoms with van der Waals surface area (Å²) in [6, 6.07) is 23.6. The van der Waals surface area contributed by atoms with Crippen LogP contribution in [0.5, 0.6) is 0 Å². The maximum atomic E-state index is 12.5. The number of carbonyl (C=O) groups is 2. The third-order valence-electron chi connectivity index (χ3n) is 5.58. The molecule has 0 aromatic heterocycles. The van der Waals surface area contributed by atoms with Gasteiger partial charge in [0, 0.05) is 34.9 Å². The van der Waals surface area contributed by atoms with Gasteiger partial charge in [-0.3, -0.25) is 14.5 Å². The smallest absolute Gasteiger partial charge is 0.317 e. The van der Waals surface area contributed by atoms with Crippen molar-refractivity contribution >= 4 is 40.2 Å². The number of nitrogens with one attached hydrogen (secondary N) is 2. The molecule has 1 aliphatic heterocycles. The van der Waals surface area contributed by atoms with E-state index in [0.29, 0.717) is 12.1 Å².